The summed E-state index contributed by atoms with van der Waals surface area (Å²) in [5.41, 5.74) is -0.173. The highest BCUT2D eigenvalue weighted by molar-refractivity contribution is 6.30. The molecule has 1 saturated heterocycles. The molecule has 2 aromatic rings. The zero-order valence-electron chi connectivity index (χ0n) is 14.1. The second-order valence-electron chi connectivity index (χ2n) is 5.71. The molecule has 2 heterocycles. The quantitative estimate of drug-likeness (QED) is 0.577. The number of nitrogens with one attached hydrogen (secondary N) is 1. The molecule has 1 aliphatic heterocycles. The van der Waals surface area contributed by atoms with E-state index in [0.717, 1.165) is 19.6 Å². The lowest BCUT2D eigenvalue weighted by Crippen LogP contribution is -2.44. The Balaban J connectivity index is 0.00000243. The van der Waals surface area contributed by atoms with Gasteiger partial charge in [-0.3, -0.25) is 15.0 Å². The summed E-state index contributed by atoms with van der Waals surface area (Å²) >= 11 is 5.78. The summed E-state index contributed by atoms with van der Waals surface area (Å²) in [6.45, 7) is 2.80. The first-order valence-electron chi connectivity index (χ1n) is 7.85. The summed E-state index contributed by atoms with van der Waals surface area (Å²) < 4.78 is 10.7. The number of piperazine rings is 1. The van der Waals surface area contributed by atoms with Gasteiger partial charge in [-0.05, 0) is 19.2 Å². The van der Waals surface area contributed by atoms with Crippen LogP contribution in [-0.2, 0) is 6.42 Å². The maximum Gasteiger partial charge on any atom is 0.312 e. The Morgan fingerprint density at radius 3 is 3.08 bits per heavy atom. The van der Waals surface area contributed by atoms with Gasteiger partial charge in [0.25, 0.3) is 0 Å². The van der Waals surface area contributed by atoms with Crippen LogP contribution in [0.2, 0.25) is 5.02 Å². The van der Waals surface area contributed by atoms with Crippen LogP contribution in [0.3, 0.4) is 0 Å². The van der Waals surface area contributed by atoms with Gasteiger partial charge in [-0.1, -0.05) is 16.8 Å². The molecule has 26 heavy (non-hydrogen) atoms. The van der Waals surface area contributed by atoms with Crippen LogP contribution in [0.25, 0.3) is 0 Å². The third kappa shape index (κ3) is 4.82. The van der Waals surface area contributed by atoms with Crippen molar-refractivity contribution in [2.24, 2.45) is 0 Å². The number of hydrogen-bond acceptors (Lipinski definition) is 8. The van der Waals surface area contributed by atoms with E-state index in [1.54, 1.807) is 6.07 Å². The Hall–Kier alpha value is -1.94. The SMILES string of the molecule is CN1CCNCC1c1noc(CCOc2ccc(Cl)cc2[N+](=O)[O-])n1.Cl. The summed E-state index contributed by atoms with van der Waals surface area (Å²) in [6, 6.07) is 4.35. The van der Waals surface area contributed by atoms with E-state index in [0.29, 0.717) is 18.1 Å². The Morgan fingerprint density at radius 2 is 2.35 bits per heavy atom. The highest BCUT2D eigenvalue weighted by Gasteiger charge is 2.25. The van der Waals surface area contributed by atoms with E-state index < -0.39 is 4.92 Å². The van der Waals surface area contributed by atoms with E-state index in [2.05, 4.69) is 20.4 Å². The summed E-state index contributed by atoms with van der Waals surface area (Å²) in [4.78, 5) is 17.1. The van der Waals surface area contributed by atoms with E-state index in [1.165, 1.54) is 12.1 Å². The molecule has 0 amide bonds. The molecule has 0 aliphatic carbocycles. The van der Waals surface area contributed by atoms with Gasteiger partial charge in [0.05, 0.1) is 24.0 Å². The Labute approximate surface area is 161 Å². The predicted molar refractivity (Wildman–Crippen MR) is 97.1 cm³/mol. The van der Waals surface area contributed by atoms with Crippen molar-refractivity contribution >= 4 is 29.7 Å². The van der Waals surface area contributed by atoms with Crippen molar-refractivity contribution in [2.75, 3.05) is 33.3 Å². The van der Waals surface area contributed by atoms with Crippen molar-refractivity contribution in [2.45, 2.75) is 12.5 Å². The molecule has 0 spiro atoms. The van der Waals surface area contributed by atoms with Gasteiger partial charge in [0.15, 0.2) is 11.6 Å². The van der Waals surface area contributed by atoms with E-state index in [1.807, 2.05) is 7.05 Å². The highest BCUT2D eigenvalue weighted by atomic mass is 35.5. The van der Waals surface area contributed by atoms with E-state index in [-0.39, 0.29) is 41.5 Å². The highest BCUT2D eigenvalue weighted by Crippen LogP contribution is 2.30. The van der Waals surface area contributed by atoms with Gasteiger partial charge in [0, 0.05) is 30.7 Å². The zero-order valence-corrected chi connectivity index (χ0v) is 15.6. The summed E-state index contributed by atoms with van der Waals surface area (Å²) in [7, 11) is 2.02. The number of hydrogen-bond donors (Lipinski definition) is 1. The third-order valence-electron chi connectivity index (χ3n) is 3.98. The van der Waals surface area contributed by atoms with Gasteiger partial charge in [-0.25, -0.2) is 0 Å². The lowest BCUT2D eigenvalue weighted by atomic mass is 10.2. The Kier molecular flexibility index (Phi) is 7.15. The molecule has 142 valence electrons. The molecule has 1 unspecified atom stereocenters. The van der Waals surface area contributed by atoms with Gasteiger partial charge in [-0.15, -0.1) is 12.4 Å². The molecule has 9 nitrogen and oxygen atoms in total. The fourth-order valence-corrected chi connectivity index (χ4v) is 2.77. The van der Waals surface area contributed by atoms with Crippen molar-refractivity contribution in [3.05, 3.63) is 45.1 Å². The minimum absolute atomic E-state index is 0. The Morgan fingerprint density at radius 1 is 1.54 bits per heavy atom. The second-order valence-corrected chi connectivity index (χ2v) is 6.15. The lowest BCUT2D eigenvalue weighted by molar-refractivity contribution is -0.385. The van der Waals surface area contributed by atoms with Crippen LogP contribution in [0.15, 0.2) is 22.7 Å². The molecule has 1 fully saturated rings. The lowest BCUT2D eigenvalue weighted by Gasteiger charge is -2.30. The number of aromatic nitrogens is 2. The first kappa shape index (κ1) is 20.4. The van der Waals surface area contributed by atoms with Crippen LogP contribution in [0.1, 0.15) is 17.8 Å². The number of nitrogens with zero attached hydrogens (tertiary/aromatic N) is 4. The molecule has 1 atom stereocenters. The van der Waals surface area contributed by atoms with Crippen LogP contribution >= 0.6 is 24.0 Å². The summed E-state index contributed by atoms with van der Waals surface area (Å²) in [6.07, 6.45) is 0.358. The molecule has 11 heteroatoms. The first-order valence-corrected chi connectivity index (χ1v) is 8.22. The first-order chi connectivity index (χ1) is 12.0. The molecular weight excluding hydrogens is 385 g/mol. The second kappa shape index (κ2) is 9.13. The average molecular weight is 404 g/mol. The van der Waals surface area contributed by atoms with Crippen molar-refractivity contribution < 1.29 is 14.2 Å². The smallest absolute Gasteiger partial charge is 0.312 e. The number of rotatable bonds is 6. The largest absolute Gasteiger partial charge is 0.486 e. The molecular formula is C15H19Cl2N5O4. The van der Waals surface area contributed by atoms with E-state index in [4.69, 9.17) is 20.9 Å². The monoisotopic (exact) mass is 403 g/mol. The minimum atomic E-state index is -0.530. The Bertz CT molecular complexity index is 757. The maximum absolute atomic E-state index is 11.0. The third-order valence-corrected chi connectivity index (χ3v) is 4.22. The summed E-state index contributed by atoms with van der Waals surface area (Å²) in [5.74, 6) is 1.22. The predicted octanol–water partition coefficient (Wildman–Crippen LogP) is 2.25. The number of nitro groups is 1. The standard InChI is InChI=1S/C15H18ClN5O4.ClH/c1-20-6-5-17-9-12(20)15-18-14(25-19-15)4-7-24-13-3-2-10(16)8-11(13)21(22)23;/h2-3,8,12,17H,4-7,9H2,1H3;1H. The minimum Gasteiger partial charge on any atom is -0.486 e. The molecule has 1 N–H and O–H groups in total. The molecule has 0 bridgehead atoms. The summed E-state index contributed by atoms with van der Waals surface area (Å²) in [5, 5.41) is 18.6. The van der Waals surface area contributed by atoms with E-state index >= 15 is 0 Å². The van der Waals surface area contributed by atoms with Crippen LogP contribution in [0.5, 0.6) is 5.75 Å². The van der Waals surface area contributed by atoms with Gasteiger partial charge in [0.1, 0.15) is 0 Å². The molecule has 3 rings (SSSR count). The van der Waals surface area contributed by atoms with Crippen LogP contribution in [-0.4, -0.2) is 53.3 Å². The van der Waals surface area contributed by atoms with Gasteiger partial charge >= 0.3 is 5.69 Å². The van der Waals surface area contributed by atoms with E-state index in [9.17, 15) is 10.1 Å². The van der Waals surface area contributed by atoms with Crippen molar-refractivity contribution in [3.8, 4) is 5.75 Å². The van der Waals surface area contributed by atoms with Crippen LogP contribution in [0, 0.1) is 10.1 Å². The fraction of sp³-hybridized carbons (Fsp3) is 0.467. The molecule has 1 aromatic carbocycles. The van der Waals surface area contributed by atoms with Crippen molar-refractivity contribution in [1.29, 1.82) is 0 Å². The number of benzene rings is 1. The van der Waals surface area contributed by atoms with Gasteiger partial charge in [0.2, 0.25) is 5.89 Å². The fourth-order valence-electron chi connectivity index (χ4n) is 2.60. The van der Waals surface area contributed by atoms with Gasteiger partial charge in [-0.2, -0.15) is 4.98 Å². The molecule has 1 aliphatic rings. The number of likely N-dealkylation sites (N-methyl/N-ethyl adjacent to an activating group) is 1. The molecule has 0 saturated carbocycles. The van der Waals surface area contributed by atoms with Crippen LogP contribution < -0.4 is 10.1 Å². The number of nitro benzene ring substituents is 1. The van der Waals surface area contributed by atoms with Gasteiger partial charge < -0.3 is 14.6 Å². The topological polar surface area (TPSA) is 107 Å². The number of ether oxygens (including phenoxy) is 1. The average Bonchev–Trinajstić information content (AvgIpc) is 3.05. The van der Waals surface area contributed by atoms with Crippen molar-refractivity contribution in [1.82, 2.24) is 20.4 Å². The molecule has 0 radical (unpaired) electrons. The maximum atomic E-state index is 11.0. The van der Waals surface area contributed by atoms with Crippen molar-refractivity contribution in [3.63, 3.8) is 0 Å². The number of halogens is 2. The molecule has 1 aromatic heterocycles. The normalized spacial score (nSPS) is 17.5. The van der Waals surface area contributed by atoms with Crippen LogP contribution in [0.4, 0.5) is 5.69 Å². The zero-order chi connectivity index (χ0) is 17.8.